The number of rotatable bonds is 2. The Morgan fingerprint density at radius 3 is 2.43 bits per heavy atom. The van der Waals surface area contributed by atoms with Gasteiger partial charge in [0.05, 0.1) is 0 Å². The molecule has 0 aliphatic rings. The average Bonchev–Trinajstić information content (AvgIpc) is 2.02. The molecular weight excluding hydrogens is 217 g/mol. The van der Waals surface area contributed by atoms with Crippen LogP contribution in [0.3, 0.4) is 0 Å². The molecule has 1 nitrogen and oxygen atoms in total. The van der Waals surface area contributed by atoms with E-state index in [2.05, 4.69) is 11.8 Å². The number of ether oxygens (including phenoxy) is 1. The van der Waals surface area contributed by atoms with Crippen molar-refractivity contribution in [2.75, 3.05) is 0 Å². The zero-order valence-electron chi connectivity index (χ0n) is 6.88. The Morgan fingerprint density at radius 2 is 2.00 bits per heavy atom. The second-order valence-electron chi connectivity index (χ2n) is 2.61. The molecule has 1 unspecified atom stereocenters. The molecule has 14 heavy (non-hydrogen) atoms. The van der Waals surface area contributed by atoms with Crippen LogP contribution in [0.4, 0.5) is 13.2 Å². The van der Waals surface area contributed by atoms with Crippen molar-refractivity contribution in [3.05, 3.63) is 42.0 Å². The minimum atomic E-state index is -4.54. The van der Waals surface area contributed by atoms with E-state index in [1.54, 1.807) is 0 Å². The van der Waals surface area contributed by atoms with Gasteiger partial charge in [-0.1, -0.05) is 23.7 Å². The topological polar surface area (TPSA) is 9.23 Å². The molecule has 2 radical (unpaired) electrons. The normalized spacial score (nSPS) is 14.1. The Morgan fingerprint density at radius 1 is 1.36 bits per heavy atom. The van der Waals surface area contributed by atoms with Crippen molar-refractivity contribution < 1.29 is 17.9 Å². The fourth-order valence-corrected chi connectivity index (χ4v) is 1.21. The van der Waals surface area contributed by atoms with Gasteiger partial charge in [-0.2, -0.15) is 13.2 Å². The van der Waals surface area contributed by atoms with E-state index in [-0.39, 0.29) is 10.6 Å². The van der Waals surface area contributed by atoms with Crippen molar-refractivity contribution in [3.8, 4) is 0 Å². The SMILES string of the molecule is [CH]OC(c1cccc(Cl)c1)C(F)(F)F. The van der Waals surface area contributed by atoms with Gasteiger partial charge in [-0.25, -0.2) is 0 Å². The second kappa shape index (κ2) is 4.19. The van der Waals surface area contributed by atoms with Crippen molar-refractivity contribution in [3.63, 3.8) is 0 Å². The van der Waals surface area contributed by atoms with E-state index >= 15 is 0 Å². The van der Waals surface area contributed by atoms with E-state index < -0.39 is 12.3 Å². The maximum absolute atomic E-state index is 12.3. The van der Waals surface area contributed by atoms with Gasteiger partial charge in [-0.15, -0.1) is 0 Å². The largest absolute Gasteiger partial charge is 0.418 e. The summed E-state index contributed by atoms with van der Waals surface area (Å²) in [5.41, 5.74) is -0.118. The van der Waals surface area contributed by atoms with E-state index in [1.807, 2.05) is 0 Å². The van der Waals surface area contributed by atoms with Gasteiger partial charge in [0.15, 0.2) is 6.10 Å². The Bertz CT molecular complexity index is 311. The van der Waals surface area contributed by atoms with Crippen LogP contribution in [0.1, 0.15) is 11.7 Å². The van der Waals surface area contributed by atoms with Crippen molar-refractivity contribution in [1.29, 1.82) is 0 Å². The van der Waals surface area contributed by atoms with Crippen LogP contribution in [0, 0.1) is 7.11 Å². The summed E-state index contributed by atoms with van der Waals surface area (Å²) in [5.74, 6) is 0. The summed E-state index contributed by atoms with van der Waals surface area (Å²) in [6.45, 7) is 0. The highest BCUT2D eigenvalue weighted by atomic mass is 35.5. The number of hydrogen-bond donors (Lipinski definition) is 0. The van der Waals surface area contributed by atoms with Crippen molar-refractivity contribution in [2.45, 2.75) is 12.3 Å². The van der Waals surface area contributed by atoms with Crippen LogP contribution in [-0.2, 0) is 4.74 Å². The number of halogens is 4. The summed E-state index contributed by atoms with van der Waals surface area (Å²) >= 11 is 5.53. The molecular formula is C9H6ClF3O. The van der Waals surface area contributed by atoms with Gasteiger partial charge in [0.2, 0.25) is 0 Å². The molecule has 5 heteroatoms. The molecule has 0 saturated carbocycles. The average molecular weight is 223 g/mol. The molecule has 0 aliphatic carbocycles. The molecule has 0 saturated heterocycles. The molecule has 0 amide bonds. The Kier molecular flexibility index (Phi) is 3.39. The van der Waals surface area contributed by atoms with Crippen molar-refractivity contribution in [1.82, 2.24) is 0 Å². The molecule has 1 rings (SSSR count). The minimum Gasteiger partial charge on any atom is -0.355 e. The predicted molar refractivity (Wildman–Crippen MR) is 45.6 cm³/mol. The van der Waals surface area contributed by atoms with E-state index in [0.29, 0.717) is 0 Å². The first kappa shape index (κ1) is 11.3. The standard InChI is InChI=1S/C9H6ClF3O/c1-14-8(9(11,12)13)6-3-2-4-7(10)5-6/h1-5,8H. The Hall–Kier alpha value is -0.740. The van der Waals surface area contributed by atoms with E-state index in [9.17, 15) is 13.2 Å². The molecule has 0 N–H and O–H groups in total. The summed E-state index contributed by atoms with van der Waals surface area (Å²) in [6, 6.07) is 5.27. The lowest BCUT2D eigenvalue weighted by Gasteiger charge is -2.18. The van der Waals surface area contributed by atoms with Gasteiger partial charge < -0.3 is 4.74 Å². The van der Waals surface area contributed by atoms with Crippen molar-refractivity contribution in [2.24, 2.45) is 0 Å². The quantitative estimate of drug-likeness (QED) is 0.743. The maximum atomic E-state index is 12.3. The minimum absolute atomic E-state index is 0.118. The monoisotopic (exact) mass is 222 g/mol. The van der Waals surface area contributed by atoms with Gasteiger partial charge in [0.25, 0.3) is 0 Å². The second-order valence-corrected chi connectivity index (χ2v) is 3.05. The lowest BCUT2D eigenvalue weighted by molar-refractivity contribution is -0.209. The highest BCUT2D eigenvalue weighted by Gasteiger charge is 2.41. The summed E-state index contributed by atoms with van der Waals surface area (Å²) in [7, 11) is 4.58. The molecule has 0 spiro atoms. The van der Waals surface area contributed by atoms with E-state index in [1.165, 1.54) is 18.2 Å². The molecule has 0 aromatic heterocycles. The van der Waals surface area contributed by atoms with Crippen LogP contribution >= 0.6 is 11.6 Å². The predicted octanol–water partition coefficient (Wildman–Crippen LogP) is 3.63. The lowest BCUT2D eigenvalue weighted by Crippen LogP contribution is -2.21. The van der Waals surface area contributed by atoms with E-state index in [0.717, 1.165) is 6.07 Å². The highest BCUT2D eigenvalue weighted by Crippen LogP contribution is 2.36. The van der Waals surface area contributed by atoms with Crippen LogP contribution in [0.15, 0.2) is 24.3 Å². The summed E-state index contributed by atoms with van der Waals surface area (Å²) in [4.78, 5) is 0. The third kappa shape index (κ3) is 2.62. The Labute approximate surface area is 84.4 Å². The van der Waals surface area contributed by atoms with Crippen molar-refractivity contribution >= 4 is 11.6 Å². The zero-order chi connectivity index (χ0) is 10.8. The van der Waals surface area contributed by atoms with E-state index in [4.69, 9.17) is 11.6 Å². The summed E-state index contributed by atoms with van der Waals surface area (Å²) in [6.07, 6.45) is -6.68. The summed E-state index contributed by atoms with van der Waals surface area (Å²) in [5, 5.41) is 0.203. The van der Waals surface area contributed by atoms with Gasteiger partial charge in [-0.05, 0) is 17.7 Å². The molecule has 1 atom stereocenters. The third-order valence-electron chi connectivity index (χ3n) is 1.58. The number of alkyl halides is 3. The number of hydrogen-bond acceptors (Lipinski definition) is 1. The molecule has 0 fully saturated rings. The first-order chi connectivity index (χ1) is 6.45. The van der Waals surface area contributed by atoms with Gasteiger partial charge in [0, 0.05) is 5.02 Å². The molecule has 0 bridgehead atoms. The van der Waals surface area contributed by atoms with Gasteiger partial charge in [0.1, 0.15) is 7.11 Å². The molecule has 0 heterocycles. The highest BCUT2D eigenvalue weighted by molar-refractivity contribution is 6.30. The fraction of sp³-hybridized carbons (Fsp3) is 0.222. The first-order valence-corrected chi connectivity index (χ1v) is 4.00. The zero-order valence-corrected chi connectivity index (χ0v) is 7.64. The molecule has 0 aliphatic heterocycles. The maximum Gasteiger partial charge on any atom is 0.418 e. The molecule has 76 valence electrons. The Balaban J connectivity index is 3.01. The smallest absolute Gasteiger partial charge is 0.355 e. The fourth-order valence-electron chi connectivity index (χ4n) is 1.01. The van der Waals surface area contributed by atoms with Crippen LogP contribution in [-0.4, -0.2) is 6.18 Å². The van der Waals surface area contributed by atoms with Crippen LogP contribution in [0.25, 0.3) is 0 Å². The third-order valence-corrected chi connectivity index (χ3v) is 1.82. The molecule has 1 aromatic carbocycles. The summed E-state index contributed by atoms with van der Waals surface area (Å²) < 4.78 is 40.7. The van der Waals surface area contributed by atoms with Crippen LogP contribution in [0.2, 0.25) is 5.02 Å². The van der Waals surface area contributed by atoms with Crippen LogP contribution < -0.4 is 0 Å². The lowest BCUT2D eigenvalue weighted by atomic mass is 10.1. The number of benzene rings is 1. The van der Waals surface area contributed by atoms with Gasteiger partial charge >= 0.3 is 6.18 Å². The van der Waals surface area contributed by atoms with Gasteiger partial charge in [-0.3, -0.25) is 0 Å². The molecule has 1 aromatic rings. The van der Waals surface area contributed by atoms with Crippen LogP contribution in [0.5, 0.6) is 0 Å². The first-order valence-electron chi connectivity index (χ1n) is 3.63.